The van der Waals surface area contributed by atoms with Crippen molar-refractivity contribution in [2.75, 3.05) is 25.4 Å². The maximum atomic E-state index is 11.9. The average molecular weight is 278 g/mol. The summed E-state index contributed by atoms with van der Waals surface area (Å²) in [5.41, 5.74) is -0.457. The highest BCUT2D eigenvalue weighted by molar-refractivity contribution is 7.89. The van der Waals surface area contributed by atoms with E-state index in [2.05, 4.69) is 10.0 Å². The van der Waals surface area contributed by atoms with Crippen molar-refractivity contribution in [3.8, 4) is 0 Å². The molecular weight excluding hydrogens is 252 g/mol. The lowest BCUT2D eigenvalue weighted by Gasteiger charge is -2.27. The molecule has 0 bridgehead atoms. The van der Waals surface area contributed by atoms with E-state index >= 15 is 0 Å². The molecule has 1 saturated heterocycles. The highest BCUT2D eigenvalue weighted by Gasteiger charge is 2.24. The minimum atomic E-state index is -3.23. The summed E-state index contributed by atoms with van der Waals surface area (Å²) < 4.78 is 32.0. The lowest BCUT2D eigenvalue weighted by Crippen LogP contribution is -2.46. The molecule has 0 aromatic heterocycles. The third-order valence-corrected chi connectivity index (χ3v) is 4.51. The topological polar surface area (TPSA) is 67.4 Å². The largest absolute Gasteiger partial charge is 0.375 e. The molecule has 0 aromatic rings. The summed E-state index contributed by atoms with van der Waals surface area (Å²) in [7, 11) is -3.23. The minimum Gasteiger partial charge on any atom is -0.375 e. The molecule has 1 unspecified atom stereocenters. The lowest BCUT2D eigenvalue weighted by molar-refractivity contribution is -0.00516. The molecule has 0 aliphatic carbocycles. The Morgan fingerprint density at radius 3 is 2.67 bits per heavy atom. The van der Waals surface area contributed by atoms with E-state index in [4.69, 9.17) is 4.74 Å². The van der Waals surface area contributed by atoms with Gasteiger partial charge in [0, 0.05) is 19.2 Å². The molecular formula is C12H26N2O3S. The number of rotatable bonds is 7. The molecule has 1 atom stereocenters. The van der Waals surface area contributed by atoms with Crippen molar-refractivity contribution in [1.82, 2.24) is 10.0 Å². The Morgan fingerprint density at radius 2 is 2.11 bits per heavy atom. The first-order valence-electron chi connectivity index (χ1n) is 6.69. The molecule has 0 amide bonds. The zero-order valence-corrected chi connectivity index (χ0v) is 12.5. The lowest BCUT2D eigenvalue weighted by atomic mass is 10.1. The van der Waals surface area contributed by atoms with Crippen molar-refractivity contribution in [1.29, 1.82) is 0 Å². The average Bonchev–Trinajstić information content (AvgIpc) is 2.28. The van der Waals surface area contributed by atoms with Crippen molar-refractivity contribution < 1.29 is 13.2 Å². The smallest absolute Gasteiger partial charge is 0.213 e. The van der Waals surface area contributed by atoms with Crippen LogP contribution in [0.25, 0.3) is 0 Å². The molecule has 0 saturated carbocycles. The summed E-state index contributed by atoms with van der Waals surface area (Å²) >= 11 is 0. The Balaban J connectivity index is 2.39. The number of piperidine rings is 1. The van der Waals surface area contributed by atoms with E-state index in [1.807, 2.05) is 20.8 Å². The second-order valence-electron chi connectivity index (χ2n) is 5.44. The third kappa shape index (κ3) is 6.13. The Hall–Kier alpha value is -0.170. The van der Waals surface area contributed by atoms with Gasteiger partial charge in [-0.2, -0.15) is 0 Å². The molecule has 6 heteroatoms. The summed E-state index contributed by atoms with van der Waals surface area (Å²) in [6.45, 7) is 7.50. The molecule has 1 heterocycles. The van der Waals surface area contributed by atoms with Gasteiger partial charge in [-0.1, -0.05) is 6.42 Å². The van der Waals surface area contributed by atoms with Crippen LogP contribution in [0.1, 0.15) is 40.0 Å². The zero-order valence-electron chi connectivity index (χ0n) is 11.7. The van der Waals surface area contributed by atoms with Gasteiger partial charge in [0.1, 0.15) is 0 Å². The van der Waals surface area contributed by atoms with Crippen molar-refractivity contribution >= 4 is 10.0 Å². The zero-order chi connectivity index (χ0) is 13.6. The van der Waals surface area contributed by atoms with Crippen LogP contribution in [0.4, 0.5) is 0 Å². The summed E-state index contributed by atoms with van der Waals surface area (Å²) in [6, 6.07) is 0.0893. The van der Waals surface area contributed by atoms with Gasteiger partial charge in [-0.3, -0.25) is 0 Å². The Kier molecular flexibility index (Phi) is 6.04. The molecule has 18 heavy (non-hydrogen) atoms. The molecule has 5 nitrogen and oxygen atoms in total. The molecule has 0 aromatic carbocycles. The van der Waals surface area contributed by atoms with Gasteiger partial charge in [0.25, 0.3) is 0 Å². The summed E-state index contributed by atoms with van der Waals surface area (Å²) in [5.74, 6) is 0.162. The van der Waals surface area contributed by atoms with Crippen molar-refractivity contribution in [2.24, 2.45) is 0 Å². The standard InChI is InChI=1S/C12H26N2O3S/c1-4-17-12(2,3)10-14-18(15,16)9-11-7-5-6-8-13-11/h11,13-14H,4-10H2,1-3H3. The maximum Gasteiger partial charge on any atom is 0.213 e. The van der Waals surface area contributed by atoms with E-state index in [9.17, 15) is 8.42 Å². The van der Waals surface area contributed by atoms with Gasteiger partial charge >= 0.3 is 0 Å². The number of nitrogens with one attached hydrogen (secondary N) is 2. The predicted molar refractivity (Wildman–Crippen MR) is 73.1 cm³/mol. The Labute approximate surface area is 111 Å². The van der Waals surface area contributed by atoms with E-state index in [0.29, 0.717) is 13.2 Å². The molecule has 1 fully saturated rings. The second kappa shape index (κ2) is 6.84. The van der Waals surface area contributed by atoms with Gasteiger partial charge in [-0.15, -0.1) is 0 Å². The Morgan fingerprint density at radius 1 is 1.39 bits per heavy atom. The molecule has 1 aliphatic rings. The van der Waals surface area contributed by atoms with Gasteiger partial charge in [0.05, 0.1) is 11.4 Å². The number of sulfonamides is 1. The van der Waals surface area contributed by atoms with Crippen LogP contribution in [0.5, 0.6) is 0 Å². The number of ether oxygens (including phenoxy) is 1. The van der Waals surface area contributed by atoms with E-state index < -0.39 is 15.6 Å². The number of hydrogen-bond acceptors (Lipinski definition) is 4. The van der Waals surface area contributed by atoms with E-state index in [1.165, 1.54) is 0 Å². The first kappa shape index (κ1) is 15.9. The first-order chi connectivity index (χ1) is 8.35. The minimum absolute atomic E-state index is 0.0893. The predicted octanol–water partition coefficient (Wildman–Crippen LogP) is 0.863. The van der Waals surface area contributed by atoms with Crippen molar-refractivity contribution in [3.05, 3.63) is 0 Å². The van der Waals surface area contributed by atoms with E-state index in [-0.39, 0.29) is 11.8 Å². The van der Waals surface area contributed by atoms with Crippen LogP contribution < -0.4 is 10.0 Å². The van der Waals surface area contributed by atoms with Crippen molar-refractivity contribution in [3.63, 3.8) is 0 Å². The van der Waals surface area contributed by atoms with E-state index in [1.54, 1.807) is 0 Å². The molecule has 108 valence electrons. The van der Waals surface area contributed by atoms with Crippen LogP contribution in [-0.4, -0.2) is 45.5 Å². The molecule has 2 N–H and O–H groups in total. The van der Waals surface area contributed by atoms with Crippen LogP contribution in [0.3, 0.4) is 0 Å². The normalized spacial score (nSPS) is 22.1. The fourth-order valence-corrected chi connectivity index (χ4v) is 3.62. The highest BCUT2D eigenvalue weighted by atomic mass is 32.2. The monoisotopic (exact) mass is 278 g/mol. The van der Waals surface area contributed by atoms with Crippen LogP contribution in [0, 0.1) is 0 Å². The fraction of sp³-hybridized carbons (Fsp3) is 1.00. The van der Waals surface area contributed by atoms with Crippen LogP contribution in [-0.2, 0) is 14.8 Å². The quantitative estimate of drug-likeness (QED) is 0.725. The summed E-state index contributed by atoms with van der Waals surface area (Å²) in [5, 5.41) is 3.25. The van der Waals surface area contributed by atoms with Gasteiger partial charge in [-0.05, 0) is 40.2 Å². The van der Waals surface area contributed by atoms with Crippen LogP contribution in [0.2, 0.25) is 0 Å². The fourth-order valence-electron chi connectivity index (χ4n) is 2.12. The number of hydrogen-bond donors (Lipinski definition) is 2. The Bertz CT molecular complexity index is 335. The summed E-state index contributed by atoms with van der Waals surface area (Å²) in [6.07, 6.45) is 3.19. The van der Waals surface area contributed by atoms with Gasteiger partial charge in [0.2, 0.25) is 10.0 Å². The summed E-state index contributed by atoms with van der Waals surface area (Å²) in [4.78, 5) is 0. The molecule has 1 aliphatic heterocycles. The molecule has 0 spiro atoms. The highest BCUT2D eigenvalue weighted by Crippen LogP contribution is 2.10. The first-order valence-corrected chi connectivity index (χ1v) is 8.34. The maximum absolute atomic E-state index is 11.9. The van der Waals surface area contributed by atoms with E-state index in [0.717, 1.165) is 25.8 Å². The SMILES string of the molecule is CCOC(C)(C)CNS(=O)(=O)CC1CCCCN1. The van der Waals surface area contributed by atoms with Crippen molar-refractivity contribution in [2.45, 2.75) is 51.7 Å². The second-order valence-corrected chi connectivity index (χ2v) is 7.29. The van der Waals surface area contributed by atoms with Gasteiger partial charge in [0.15, 0.2) is 0 Å². The molecule has 1 rings (SSSR count). The molecule has 0 radical (unpaired) electrons. The van der Waals surface area contributed by atoms with Gasteiger partial charge < -0.3 is 10.1 Å². The van der Waals surface area contributed by atoms with Crippen LogP contribution >= 0.6 is 0 Å². The third-order valence-electron chi connectivity index (χ3n) is 3.09. The van der Waals surface area contributed by atoms with Crippen LogP contribution in [0.15, 0.2) is 0 Å². The van der Waals surface area contributed by atoms with Gasteiger partial charge in [-0.25, -0.2) is 13.1 Å².